The first-order valence-electron chi connectivity index (χ1n) is 7.16. The van der Waals surface area contributed by atoms with Gasteiger partial charge in [0, 0.05) is 25.2 Å². The number of aliphatic hydroxyl groups is 1. The van der Waals surface area contributed by atoms with Gasteiger partial charge in [-0.3, -0.25) is 0 Å². The van der Waals surface area contributed by atoms with E-state index < -0.39 is 23.0 Å². The third-order valence-electron chi connectivity index (χ3n) is 3.28. The second-order valence-corrected chi connectivity index (χ2v) is 6.03. The molecule has 134 valence electrons. The summed E-state index contributed by atoms with van der Waals surface area (Å²) in [4.78, 5) is 9.84. The average Bonchev–Trinajstić information content (AvgIpc) is 2.54. The summed E-state index contributed by atoms with van der Waals surface area (Å²) in [5.74, 6) is -3.16. The van der Waals surface area contributed by atoms with E-state index in [0.29, 0.717) is 17.3 Å². The number of aliphatic hydroxyl groups excluding tert-OH is 1. The summed E-state index contributed by atoms with van der Waals surface area (Å²) in [5.41, 5.74) is -0.633. The Bertz CT molecular complexity index is 768. The number of hydrogen-bond acceptors (Lipinski definition) is 5. The molecule has 25 heavy (non-hydrogen) atoms. The number of anilines is 1. The number of aromatic nitrogens is 2. The SMILES string of the molecule is C=CCN(CCO)c1nc(SC)nc(Cl)c1-c1c(F)cc(F)cc1F. The monoisotopic (exact) mass is 389 g/mol. The Morgan fingerprint density at radius 1 is 1.24 bits per heavy atom. The van der Waals surface area contributed by atoms with Crippen molar-refractivity contribution < 1.29 is 18.3 Å². The van der Waals surface area contributed by atoms with Crippen LogP contribution in [0.3, 0.4) is 0 Å². The van der Waals surface area contributed by atoms with Gasteiger partial charge in [-0.25, -0.2) is 23.1 Å². The predicted octanol–water partition coefficient (Wildman–Crippen LogP) is 3.92. The van der Waals surface area contributed by atoms with Crippen LogP contribution in [0.2, 0.25) is 5.15 Å². The van der Waals surface area contributed by atoms with Gasteiger partial charge in [0.1, 0.15) is 28.4 Å². The summed E-state index contributed by atoms with van der Waals surface area (Å²) in [6, 6.07) is 1.12. The Morgan fingerprint density at radius 2 is 1.88 bits per heavy atom. The molecule has 0 spiro atoms. The molecule has 0 aliphatic rings. The first-order valence-corrected chi connectivity index (χ1v) is 8.76. The fourth-order valence-corrected chi connectivity index (χ4v) is 2.95. The summed E-state index contributed by atoms with van der Waals surface area (Å²) in [7, 11) is 0. The zero-order chi connectivity index (χ0) is 18.6. The molecule has 0 fully saturated rings. The molecular formula is C16H15ClF3N3OS. The average molecular weight is 390 g/mol. The van der Waals surface area contributed by atoms with Gasteiger partial charge in [0.15, 0.2) is 5.16 Å². The van der Waals surface area contributed by atoms with Crippen LogP contribution in [0.1, 0.15) is 0 Å². The largest absolute Gasteiger partial charge is 0.395 e. The molecule has 4 nitrogen and oxygen atoms in total. The molecule has 0 bridgehead atoms. The van der Waals surface area contributed by atoms with Crippen LogP contribution in [0.5, 0.6) is 0 Å². The predicted molar refractivity (Wildman–Crippen MR) is 93.6 cm³/mol. The van der Waals surface area contributed by atoms with E-state index in [-0.39, 0.29) is 36.2 Å². The topological polar surface area (TPSA) is 49.2 Å². The van der Waals surface area contributed by atoms with Crippen LogP contribution < -0.4 is 4.90 Å². The zero-order valence-electron chi connectivity index (χ0n) is 13.3. The van der Waals surface area contributed by atoms with Crippen LogP contribution >= 0.6 is 23.4 Å². The number of benzene rings is 1. The minimum absolute atomic E-state index is 0.107. The molecule has 0 aliphatic carbocycles. The third-order valence-corrected chi connectivity index (χ3v) is 4.10. The van der Waals surface area contributed by atoms with Gasteiger partial charge >= 0.3 is 0 Å². The van der Waals surface area contributed by atoms with E-state index in [1.807, 2.05) is 0 Å². The Hall–Kier alpha value is -1.77. The first-order chi connectivity index (χ1) is 11.9. The summed E-state index contributed by atoms with van der Waals surface area (Å²) >= 11 is 7.37. The molecule has 0 amide bonds. The minimum Gasteiger partial charge on any atom is -0.395 e. The van der Waals surface area contributed by atoms with Crippen molar-refractivity contribution in [1.82, 2.24) is 9.97 Å². The van der Waals surface area contributed by atoms with Crippen LogP contribution in [-0.4, -0.2) is 41.0 Å². The van der Waals surface area contributed by atoms with Crippen LogP contribution in [0.4, 0.5) is 19.0 Å². The molecule has 0 radical (unpaired) electrons. The lowest BCUT2D eigenvalue weighted by Crippen LogP contribution is -2.28. The lowest BCUT2D eigenvalue weighted by molar-refractivity contribution is 0.302. The second-order valence-electron chi connectivity index (χ2n) is 4.90. The zero-order valence-corrected chi connectivity index (χ0v) is 14.8. The minimum atomic E-state index is -1.12. The Balaban J connectivity index is 2.78. The summed E-state index contributed by atoms with van der Waals surface area (Å²) in [6.07, 6.45) is 3.27. The highest BCUT2D eigenvalue weighted by Crippen LogP contribution is 2.39. The van der Waals surface area contributed by atoms with Crippen molar-refractivity contribution in [2.45, 2.75) is 5.16 Å². The number of hydrogen-bond donors (Lipinski definition) is 1. The van der Waals surface area contributed by atoms with Gasteiger partial charge in [-0.15, -0.1) is 6.58 Å². The van der Waals surface area contributed by atoms with Crippen LogP contribution in [0, 0.1) is 17.5 Å². The van der Waals surface area contributed by atoms with Crippen molar-refractivity contribution in [3.05, 3.63) is 47.4 Å². The Labute approximate surface area is 152 Å². The molecule has 0 aliphatic heterocycles. The molecule has 2 aromatic rings. The third kappa shape index (κ3) is 4.26. The molecule has 2 rings (SSSR count). The lowest BCUT2D eigenvalue weighted by Gasteiger charge is -2.25. The molecule has 1 heterocycles. The van der Waals surface area contributed by atoms with Crippen LogP contribution in [0.15, 0.2) is 29.9 Å². The summed E-state index contributed by atoms with van der Waals surface area (Å²) < 4.78 is 41.8. The maximum atomic E-state index is 14.3. The fraction of sp³-hybridized carbons (Fsp3) is 0.250. The number of thioether (sulfide) groups is 1. The van der Waals surface area contributed by atoms with Crippen molar-refractivity contribution in [2.24, 2.45) is 0 Å². The van der Waals surface area contributed by atoms with Crippen molar-refractivity contribution in [2.75, 3.05) is 30.9 Å². The van der Waals surface area contributed by atoms with E-state index in [1.54, 1.807) is 17.2 Å². The highest BCUT2D eigenvalue weighted by Gasteiger charge is 2.25. The van der Waals surface area contributed by atoms with E-state index in [2.05, 4.69) is 16.5 Å². The standard InChI is InChI=1S/C16H15ClF3N3OS/c1-3-4-23(5-6-24)15-13(14(17)21-16(22-15)25-2)12-10(19)7-9(18)8-11(12)20/h3,7-8,24H,1,4-6H2,2H3. The summed E-state index contributed by atoms with van der Waals surface area (Å²) in [6.45, 7) is 3.77. The van der Waals surface area contributed by atoms with Gasteiger partial charge in [-0.2, -0.15) is 0 Å². The molecule has 9 heteroatoms. The van der Waals surface area contributed by atoms with Crippen LogP contribution in [0.25, 0.3) is 11.1 Å². The van der Waals surface area contributed by atoms with E-state index >= 15 is 0 Å². The van der Waals surface area contributed by atoms with E-state index in [0.717, 1.165) is 0 Å². The molecule has 0 unspecified atom stereocenters. The van der Waals surface area contributed by atoms with E-state index in [9.17, 15) is 18.3 Å². The van der Waals surface area contributed by atoms with Crippen molar-refractivity contribution >= 4 is 29.2 Å². The second kappa shape index (κ2) is 8.55. The van der Waals surface area contributed by atoms with Gasteiger partial charge < -0.3 is 10.0 Å². The molecule has 1 N–H and O–H groups in total. The highest BCUT2D eigenvalue weighted by atomic mass is 35.5. The lowest BCUT2D eigenvalue weighted by atomic mass is 10.1. The maximum Gasteiger partial charge on any atom is 0.190 e. The van der Waals surface area contributed by atoms with Gasteiger partial charge in [-0.1, -0.05) is 29.4 Å². The van der Waals surface area contributed by atoms with Gasteiger partial charge in [0.05, 0.1) is 17.7 Å². The Morgan fingerprint density at radius 3 is 2.40 bits per heavy atom. The molecule has 0 atom stereocenters. The molecule has 1 aromatic carbocycles. The van der Waals surface area contributed by atoms with Crippen molar-refractivity contribution in [1.29, 1.82) is 0 Å². The van der Waals surface area contributed by atoms with E-state index in [4.69, 9.17) is 11.6 Å². The number of rotatable bonds is 7. The van der Waals surface area contributed by atoms with Crippen molar-refractivity contribution in [3.63, 3.8) is 0 Å². The quantitative estimate of drug-likeness (QED) is 0.336. The van der Waals surface area contributed by atoms with Gasteiger partial charge in [-0.05, 0) is 6.26 Å². The maximum absolute atomic E-state index is 14.3. The van der Waals surface area contributed by atoms with Crippen LogP contribution in [-0.2, 0) is 0 Å². The molecule has 1 aromatic heterocycles. The number of halogens is 4. The van der Waals surface area contributed by atoms with E-state index in [1.165, 1.54) is 11.8 Å². The highest BCUT2D eigenvalue weighted by molar-refractivity contribution is 7.98. The Kier molecular flexibility index (Phi) is 6.69. The normalized spacial score (nSPS) is 10.8. The first kappa shape index (κ1) is 19.6. The summed E-state index contributed by atoms with van der Waals surface area (Å²) in [5, 5.41) is 9.39. The van der Waals surface area contributed by atoms with Crippen molar-refractivity contribution in [3.8, 4) is 11.1 Å². The molecule has 0 saturated heterocycles. The molecule has 0 saturated carbocycles. The van der Waals surface area contributed by atoms with Gasteiger partial charge in [0.2, 0.25) is 0 Å². The smallest absolute Gasteiger partial charge is 0.190 e. The molecular weight excluding hydrogens is 375 g/mol. The fourth-order valence-electron chi connectivity index (χ4n) is 2.28. The van der Waals surface area contributed by atoms with Gasteiger partial charge in [0.25, 0.3) is 0 Å². The number of nitrogens with zero attached hydrogens (tertiary/aromatic N) is 3.